The van der Waals surface area contributed by atoms with Crippen molar-refractivity contribution in [3.63, 3.8) is 0 Å². The summed E-state index contributed by atoms with van der Waals surface area (Å²) < 4.78 is 8.64. The summed E-state index contributed by atoms with van der Waals surface area (Å²) in [5.74, 6) is 1.59. The van der Waals surface area contributed by atoms with E-state index >= 15 is 0 Å². The molecule has 5 heteroatoms. The molecule has 2 N–H and O–H groups in total. The Labute approximate surface area is 114 Å². The highest BCUT2D eigenvalue weighted by Crippen LogP contribution is 2.33. The Morgan fingerprint density at radius 2 is 2.33 bits per heavy atom. The van der Waals surface area contributed by atoms with Crippen molar-refractivity contribution in [2.24, 2.45) is 0 Å². The van der Waals surface area contributed by atoms with Gasteiger partial charge in [-0.1, -0.05) is 15.9 Å². The first-order valence-corrected chi connectivity index (χ1v) is 6.66. The zero-order valence-corrected chi connectivity index (χ0v) is 11.7. The van der Waals surface area contributed by atoms with Gasteiger partial charge in [-0.3, -0.25) is 4.68 Å². The van der Waals surface area contributed by atoms with Crippen LogP contribution < -0.4 is 10.5 Å². The standard InChI is InChI=1S/C13H14BrN3O/c1-8-6-17(16-13(8)15)7-10-5-11(14)4-9-2-3-18-12(9)10/h4-6H,2-3,7H2,1H3,(H2,15,16). The van der Waals surface area contributed by atoms with Crippen molar-refractivity contribution in [1.82, 2.24) is 9.78 Å². The Morgan fingerprint density at radius 3 is 3.06 bits per heavy atom. The minimum atomic E-state index is 0.586. The van der Waals surface area contributed by atoms with Crippen LogP contribution in [0, 0.1) is 6.92 Å². The molecule has 0 fully saturated rings. The summed E-state index contributed by atoms with van der Waals surface area (Å²) in [5.41, 5.74) is 9.17. The topological polar surface area (TPSA) is 53.1 Å². The number of hydrogen-bond acceptors (Lipinski definition) is 3. The van der Waals surface area contributed by atoms with E-state index in [0.29, 0.717) is 12.4 Å². The van der Waals surface area contributed by atoms with Gasteiger partial charge in [0.2, 0.25) is 0 Å². The molecule has 0 bridgehead atoms. The van der Waals surface area contributed by atoms with Crippen molar-refractivity contribution in [3.05, 3.63) is 39.5 Å². The molecule has 2 heterocycles. The number of nitrogens with two attached hydrogens (primary N) is 1. The zero-order valence-electron chi connectivity index (χ0n) is 10.1. The summed E-state index contributed by atoms with van der Waals surface area (Å²) in [6, 6.07) is 4.20. The fourth-order valence-corrected chi connectivity index (χ4v) is 2.81. The van der Waals surface area contributed by atoms with Crippen LogP contribution in [0.25, 0.3) is 0 Å². The first-order chi connectivity index (χ1) is 8.63. The molecule has 0 saturated carbocycles. The van der Waals surface area contributed by atoms with E-state index in [-0.39, 0.29) is 0 Å². The molecular formula is C13H14BrN3O. The Bertz CT molecular complexity index is 587. The van der Waals surface area contributed by atoms with Gasteiger partial charge in [-0.2, -0.15) is 5.10 Å². The SMILES string of the molecule is Cc1cn(Cc2cc(Br)cc3c2OCC3)nc1N. The Balaban J connectivity index is 1.97. The number of fused-ring (bicyclic) bond motifs is 1. The lowest BCUT2D eigenvalue weighted by atomic mass is 10.1. The van der Waals surface area contributed by atoms with Gasteiger partial charge in [0, 0.05) is 28.2 Å². The highest BCUT2D eigenvalue weighted by atomic mass is 79.9. The number of rotatable bonds is 2. The first kappa shape index (κ1) is 11.6. The molecule has 0 atom stereocenters. The highest BCUT2D eigenvalue weighted by Gasteiger charge is 2.18. The largest absolute Gasteiger partial charge is 0.493 e. The third-order valence-corrected chi connectivity index (χ3v) is 3.60. The summed E-state index contributed by atoms with van der Waals surface area (Å²) in [4.78, 5) is 0. The predicted octanol–water partition coefficient (Wildman–Crippen LogP) is 2.52. The number of anilines is 1. The lowest BCUT2D eigenvalue weighted by Crippen LogP contribution is -2.03. The van der Waals surface area contributed by atoms with Crippen LogP contribution in [0.5, 0.6) is 5.75 Å². The molecule has 0 amide bonds. The molecule has 1 aliphatic heterocycles. The minimum Gasteiger partial charge on any atom is -0.493 e. The van der Waals surface area contributed by atoms with Gasteiger partial charge >= 0.3 is 0 Å². The molecule has 0 spiro atoms. The maximum absolute atomic E-state index is 5.76. The second kappa shape index (κ2) is 4.31. The number of benzene rings is 1. The maximum atomic E-state index is 5.76. The second-order valence-corrected chi connectivity index (χ2v) is 5.46. The molecule has 1 aromatic heterocycles. The van der Waals surface area contributed by atoms with Gasteiger partial charge in [-0.25, -0.2) is 0 Å². The van der Waals surface area contributed by atoms with E-state index in [2.05, 4.69) is 33.2 Å². The smallest absolute Gasteiger partial charge is 0.148 e. The number of nitrogens with zero attached hydrogens (tertiary/aromatic N) is 2. The van der Waals surface area contributed by atoms with E-state index in [1.165, 1.54) is 5.56 Å². The summed E-state index contributed by atoms with van der Waals surface area (Å²) in [6.45, 7) is 3.40. The lowest BCUT2D eigenvalue weighted by Gasteiger charge is -2.09. The first-order valence-electron chi connectivity index (χ1n) is 5.87. The number of halogens is 1. The average Bonchev–Trinajstić information content (AvgIpc) is 2.86. The fourth-order valence-electron chi connectivity index (χ4n) is 2.25. The fraction of sp³-hybridized carbons (Fsp3) is 0.308. The molecule has 0 radical (unpaired) electrons. The third-order valence-electron chi connectivity index (χ3n) is 3.14. The van der Waals surface area contributed by atoms with Crippen LogP contribution in [0.15, 0.2) is 22.8 Å². The molecule has 0 aliphatic carbocycles. The highest BCUT2D eigenvalue weighted by molar-refractivity contribution is 9.10. The van der Waals surface area contributed by atoms with E-state index in [1.54, 1.807) is 0 Å². The molecule has 0 saturated heterocycles. The molecular weight excluding hydrogens is 294 g/mol. The van der Waals surface area contributed by atoms with Gasteiger partial charge in [0.15, 0.2) is 0 Å². The number of aromatic nitrogens is 2. The maximum Gasteiger partial charge on any atom is 0.148 e. The number of nitrogen functional groups attached to an aromatic ring is 1. The van der Waals surface area contributed by atoms with E-state index < -0.39 is 0 Å². The van der Waals surface area contributed by atoms with Crippen molar-refractivity contribution in [3.8, 4) is 5.75 Å². The monoisotopic (exact) mass is 307 g/mol. The quantitative estimate of drug-likeness (QED) is 0.927. The van der Waals surface area contributed by atoms with Crippen LogP contribution in [-0.2, 0) is 13.0 Å². The van der Waals surface area contributed by atoms with Gasteiger partial charge in [0.05, 0.1) is 13.2 Å². The van der Waals surface area contributed by atoms with Crippen LogP contribution in [0.2, 0.25) is 0 Å². The van der Waals surface area contributed by atoms with Crippen LogP contribution >= 0.6 is 15.9 Å². The second-order valence-electron chi connectivity index (χ2n) is 4.55. The minimum absolute atomic E-state index is 0.586. The molecule has 4 nitrogen and oxygen atoms in total. The molecule has 2 aromatic rings. The van der Waals surface area contributed by atoms with Crippen molar-refractivity contribution < 1.29 is 4.74 Å². The van der Waals surface area contributed by atoms with Crippen molar-refractivity contribution >= 4 is 21.7 Å². The van der Waals surface area contributed by atoms with Crippen molar-refractivity contribution in [1.29, 1.82) is 0 Å². The van der Waals surface area contributed by atoms with E-state index in [4.69, 9.17) is 10.5 Å². The van der Waals surface area contributed by atoms with Gasteiger partial charge < -0.3 is 10.5 Å². The zero-order chi connectivity index (χ0) is 12.7. The number of hydrogen-bond donors (Lipinski definition) is 1. The van der Waals surface area contributed by atoms with Crippen LogP contribution in [0.3, 0.4) is 0 Å². The van der Waals surface area contributed by atoms with E-state index in [0.717, 1.165) is 34.4 Å². The van der Waals surface area contributed by atoms with Crippen molar-refractivity contribution in [2.45, 2.75) is 19.9 Å². The van der Waals surface area contributed by atoms with Gasteiger partial charge in [0.25, 0.3) is 0 Å². The van der Waals surface area contributed by atoms with Gasteiger partial charge in [-0.05, 0) is 24.6 Å². The number of ether oxygens (including phenoxy) is 1. The van der Waals surface area contributed by atoms with Gasteiger partial charge in [-0.15, -0.1) is 0 Å². The molecule has 1 aromatic carbocycles. The normalized spacial score (nSPS) is 13.4. The lowest BCUT2D eigenvalue weighted by molar-refractivity contribution is 0.352. The molecule has 18 heavy (non-hydrogen) atoms. The molecule has 1 aliphatic rings. The van der Waals surface area contributed by atoms with Crippen LogP contribution in [0.4, 0.5) is 5.82 Å². The third kappa shape index (κ3) is 1.99. The molecule has 94 valence electrons. The summed E-state index contributed by atoms with van der Waals surface area (Å²) in [6.07, 6.45) is 2.93. The molecule has 0 unspecified atom stereocenters. The van der Waals surface area contributed by atoms with Gasteiger partial charge in [0.1, 0.15) is 11.6 Å². The molecule has 3 rings (SSSR count). The van der Waals surface area contributed by atoms with Crippen LogP contribution in [-0.4, -0.2) is 16.4 Å². The van der Waals surface area contributed by atoms with E-state index in [1.807, 2.05) is 17.8 Å². The summed E-state index contributed by atoms with van der Waals surface area (Å²) >= 11 is 3.54. The van der Waals surface area contributed by atoms with Crippen LogP contribution in [0.1, 0.15) is 16.7 Å². The Kier molecular flexibility index (Phi) is 2.78. The summed E-state index contributed by atoms with van der Waals surface area (Å²) in [5, 5.41) is 4.28. The summed E-state index contributed by atoms with van der Waals surface area (Å²) in [7, 11) is 0. The Morgan fingerprint density at radius 1 is 1.50 bits per heavy atom. The Hall–Kier alpha value is -1.49. The average molecular weight is 308 g/mol. The van der Waals surface area contributed by atoms with Crippen molar-refractivity contribution in [2.75, 3.05) is 12.3 Å². The predicted molar refractivity (Wildman–Crippen MR) is 73.8 cm³/mol. The van der Waals surface area contributed by atoms with E-state index in [9.17, 15) is 0 Å². The number of aryl methyl sites for hydroxylation is 1.